The number of nitrogens with zero attached hydrogens (tertiary/aromatic N) is 4. The average molecular weight is 445 g/mol. The van der Waals surface area contributed by atoms with Crippen LogP contribution in [0.5, 0.6) is 0 Å². The van der Waals surface area contributed by atoms with Gasteiger partial charge in [0.25, 0.3) is 5.91 Å². The lowest BCUT2D eigenvalue weighted by Crippen LogP contribution is -2.26. The van der Waals surface area contributed by atoms with Crippen molar-refractivity contribution in [1.29, 1.82) is 0 Å². The number of amides is 1. The standard InChI is InChI=1S/C25H25FN6O/c1-15(2)12-28-23-24-29-13-22(32(24)14-21(31-23)16-7-9-27-10-8-16)17-3-6-19(20(26)11-17)25(33)30-18-4-5-18/h3,6-11,13-15,18H,4-5,12H2,1-2H3,(H,28,31)(H,30,33). The van der Waals surface area contributed by atoms with Gasteiger partial charge < -0.3 is 10.6 Å². The molecule has 0 bridgehead atoms. The summed E-state index contributed by atoms with van der Waals surface area (Å²) >= 11 is 0. The molecule has 168 valence electrons. The number of hydrogen-bond donors (Lipinski definition) is 2. The van der Waals surface area contributed by atoms with Gasteiger partial charge in [0.2, 0.25) is 0 Å². The number of pyridine rings is 1. The molecule has 1 aliphatic carbocycles. The van der Waals surface area contributed by atoms with Crippen LogP contribution in [0.2, 0.25) is 0 Å². The Balaban J connectivity index is 1.57. The minimum absolute atomic E-state index is 0.0536. The number of halogens is 1. The Bertz CT molecular complexity index is 1310. The molecule has 33 heavy (non-hydrogen) atoms. The zero-order chi connectivity index (χ0) is 22.9. The molecule has 5 rings (SSSR count). The van der Waals surface area contributed by atoms with E-state index in [2.05, 4.69) is 34.4 Å². The highest BCUT2D eigenvalue weighted by atomic mass is 19.1. The van der Waals surface area contributed by atoms with Crippen molar-refractivity contribution >= 4 is 17.4 Å². The monoisotopic (exact) mass is 444 g/mol. The van der Waals surface area contributed by atoms with Crippen LogP contribution in [0.1, 0.15) is 37.0 Å². The smallest absolute Gasteiger partial charge is 0.254 e. The van der Waals surface area contributed by atoms with E-state index < -0.39 is 5.82 Å². The van der Waals surface area contributed by atoms with Gasteiger partial charge in [-0.1, -0.05) is 19.9 Å². The van der Waals surface area contributed by atoms with Crippen molar-refractivity contribution in [1.82, 2.24) is 24.7 Å². The van der Waals surface area contributed by atoms with Gasteiger partial charge in [0, 0.05) is 42.3 Å². The molecule has 8 heteroatoms. The summed E-state index contributed by atoms with van der Waals surface area (Å²) in [6, 6.07) is 8.63. The molecule has 0 saturated heterocycles. The topological polar surface area (TPSA) is 84.2 Å². The first-order valence-electron chi connectivity index (χ1n) is 11.1. The normalized spacial score (nSPS) is 13.5. The largest absolute Gasteiger partial charge is 0.367 e. The maximum absolute atomic E-state index is 14.9. The molecule has 0 aliphatic heterocycles. The summed E-state index contributed by atoms with van der Waals surface area (Å²) in [5, 5.41) is 6.22. The van der Waals surface area contributed by atoms with E-state index in [1.807, 2.05) is 22.7 Å². The van der Waals surface area contributed by atoms with Crippen molar-refractivity contribution in [2.75, 3.05) is 11.9 Å². The molecular weight excluding hydrogens is 419 g/mol. The average Bonchev–Trinajstić information content (AvgIpc) is 3.52. The second kappa shape index (κ2) is 8.61. The number of aromatic nitrogens is 4. The van der Waals surface area contributed by atoms with E-state index in [-0.39, 0.29) is 17.5 Å². The Morgan fingerprint density at radius 1 is 1.18 bits per heavy atom. The molecule has 1 fully saturated rings. The van der Waals surface area contributed by atoms with Gasteiger partial charge >= 0.3 is 0 Å². The second-order valence-corrected chi connectivity index (χ2v) is 8.76. The molecule has 0 unspecified atom stereocenters. The number of fused-ring (bicyclic) bond motifs is 1. The lowest BCUT2D eigenvalue weighted by molar-refractivity contribution is 0.0947. The molecule has 0 spiro atoms. The summed E-state index contributed by atoms with van der Waals surface area (Å²) < 4.78 is 16.8. The highest BCUT2D eigenvalue weighted by molar-refractivity contribution is 5.95. The van der Waals surface area contributed by atoms with Crippen molar-refractivity contribution < 1.29 is 9.18 Å². The molecule has 1 aromatic carbocycles. The first-order chi connectivity index (χ1) is 16.0. The van der Waals surface area contributed by atoms with Gasteiger partial charge in [-0.05, 0) is 43.0 Å². The van der Waals surface area contributed by atoms with Crippen molar-refractivity contribution in [3.05, 3.63) is 66.5 Å². The molecule has 3 aromatic heterocycles. The fraction of sp³-hybridized carbons (Fsp3) is 0.280. The summed E-state index contributed by atoms with van der Waals surface area (Å²) in [4.78, 5) is 25.8. The van der Waals surface area contributed by atoms with Gasteiger partial charge in [0.15, 0.2) is 11.5 Å². The fourth-order valence-electron chi connectivity index (χ4n) is 3.63. The van der Waals surface area contributed by atoms with Crippen molar-refractivity contribution in [2.24, 2.45) is 5.92 Å². The molecule has 1 saturated carbocycles. The van der Waals surface area contributed by atoms with Crippen LogP contribution in [0.25, 0.3) is 28.2 Å². The first-order valence-corrected chi connectivity index (χ1v) is 11.1. The Hall–Kier alpha value is -3.81. The van der Waals surface area contributed by atoms with E-state index in [4.69, 9.17) is 4.98 Å². The molecule has 1 aliphatic rings. The Morgan fingerprint density at radius 3 is 2.67 bits per heavy atom. The number of nitrogens with one attached hydrogen (secondary N) is 2. The number of rotatable bonds is 7. The zero-order valence-corrected chi connectivity index (χ0v) is 18.5. The SMILES string of the molecule is CC(C)CNc1nc(-c2ccncc2)cn2c(-c3ccc(C(=O)NC4CC4)c(F)c3)cnc12. The van der Waals surface area contributed by atoms with Crippen molar-refractivity contribution in [2.45, 2.75) is 32.7 Å². The molecule has 0 atom stereocenters. The predicted molar refractivity (Wildman–Crippen MR) is 125 cm³/mol. The van der Waals surface area contributed by atoms with Crippen LogP contribution >= 0.6 is 0 Å². The summed E-state index contributed by atoms with van der Waals surface area (Å²) in [6.07, 6.45) is 8.93. The van der Waals surface area contributed by atoms with Gasteiger partial charge in [0.1, 0.15) is 5.82 Å². The van der Waals surface area contributed by atoms with E-state index in [0.29, 0.717) is 28.6 Å². The van der Waals surface area contributed by atoms with Crippen molar-refractivity contribution in [3.8, 4) is 22.5 Å². The van der Waals surface area contributed by atoms with Gasteiger partial charge in [-0.25, -0.2) is 14.4 Å². The molecule has 2 N–H and O–H groups in total. The minimum atomic E-state index is -0.554. The summed E-state index contributed by atoms with van der Waals surface area (Å²) in [5.74, 6) is 0.158. The first kappa shape index (κ1) is 21.1. The number of anilines is 1. The fourth-order valence-corrected chi connectivity index (χ4v) is 3.63. The predicted octanol–water partition coefficient (Wildman–Crippen LogP) is 4.56. The number of carbonyl (C=O) groups excluding carboxylic acids is 1. The molecule has 3 heterocycles. The van der Waals surface area contributed by atoms with E-state index in [1.54, 1.807) is 24.7 Å². The summed E-state index contributed by atoms with van der Waals surface area (Å²) in [7, 11) is 0. The van der Waals surface area contributed by atoms with Crippen LogP contribution in [0.4, 0.5) is 10.2 Å². The van der Waals surface area contributed by atoms with Crippen LogP contribution in [-0.2, 0) is 0 Å². The van der Waals surface area contributed by atoms with E-state index in [9.17, 15) is 9.18 Å². The molecule has 7 nitrogen and oxygen atoms in total. The van der Waals surface area contributed by atoms with Gasteiger partial charge in [-0.15, -0.1) is 0 Å². The summed E-state index contributed by atoms with van der Waals surface area (Å²) in [5.41, 5.74) is 3.71. The maximum atomic E-state index is 14.9. The molecule has 1 amide bonds. The van der Waals surface area contributed by atoms with E-state index >= 15 is 0 Å². The van der Waals surface area contributed by atoms with E-state index in [1.165, 1.54) is 12.1 Å². The molecule has 4 aromatic rings. The lowest BCUT2D eigenvalue weighted by Gasteiger charge is -2.13. The number of hydrogen-bond acceptors (Lipinski definition) is 5. The highest BCUT2D eigenvalue weighted by Gasteiger charge is 2.25. The van der Waals surface area contributed by atoms with Crippen LogP contribution < -0.4 is 10.6 Å². The Morgan fingerprint density at radius 2 is 1.97 bits per heavy atom. The quantitative estimate of drug-likeness (QED) is 0.437. The van der Waals surface area contributed by atoms with Crippen LogP contribution in [0.15, 0.2) is 55.1 Å². The van der Waals surface area contributed by atoms with Gasteiger partial charge in [-0.3, -0.25) is 14.2 Å². The third kappa shape index (κ3) is 4.41. The second-order valence-electron chi connectivity index (χ2n) is 8.76. The van der Waals surface area contributed by atoms with Gasteiger partial charge in [-0.2, -0.15) is 0 Å². The lowest BCUT2D eigenvalue weighted by atomic mass is 10.1. The zero-order valence-electron chi connectivity index (χ0n) is 18.5. The maximum Gasteiger partial charge on any atom is 0.254 e. The van der Waals surface area contributed by atoms with E-state index in [0.717, 1.165) is 30.6 Å². The number of benzene rings is 1. The van der Waals surface area contributed by atoms with Crippen LogP contribution in [0.3, 0.4) is 0 Å². The van der Waals surface area contributed by atoms with Gasteiger partial charge in [0.05, 0.1) is 23.1 Å². The van der Waals surface area contributed by atoms with Crippen LogP contribution in [-0.4, -0.2) is 37.8 Å². The number of carbonyl (C=O) groups is 1. The third-order valence-corrected chi connectivity index (χ3v) is 5.57. The number of imidazole rings is 1. The molecule has 0 radical (unpaired) electrons. The summed E-state index contributed by atoms with van der Waals surface area (Å²) in [6.45, 7) is 4.99. The highest BCUT2D eigenvalue weighted by Crippen LogP contribution is 2.29. The van der Waals surface area contributed by atoms with Crippen LogP contribution in [0, 0.1) is 11.7 Å². The Labute approximate surface area is 191 Å². The Kier molecular flexibility index (Phi) is 5.50. The van der Waals surface area contributed by atoms with Crippen molar-refractivity contribution in [3.63, 3.8) is 0 Å². The third-order valence-electron chi connectivity index (χ3n) is 5.57. The molecular formula is C25H25FN6O. The minimum Gasteiger partial charge on any atom is -0.367 e.